The standard InChI is InChI=1S/C15H22ClNO2/c1-10(2)11-4-5-17(8-11)9-12-6-13(16)7-14(19-3)15(12)18/h6-7,10-11,18H,4-5,8-9H2,1-3H3. The number of likely N-dealkylation sites (tertiary alicyclic amines) is 1. The van der Waals surface area contributed by atoms with E-state index in [9.17, 15) is 5.11 Å². The summed E-state index contributed by atoms with van der Waals surface area (Å²) in [4.78, 5) is 2.37. The van der Waals surface area contributed by atoms with Crippen molar-refractivity contribution in [3.63, 3.8) is 0 Å². The number of methoxy groups -OCH3 is 1. The monoisotopic (exact) mass is 283 g/mol. The van der Waals surface area contributed by atoms with Crippen LogP contribution < -0.4 is 4.74 Å². The van der Waals surface area contributed by atoms with Crippen molar-refractivity contribution < 1.29 is 9.84 Å². The van der Waals surface area contributed by atoms with Crippen LogP contribution in [0.1, 0.15) is 25.8 Å². The molecule has 1 aliphatic rings. The summed E-state index contributed by atoms with van der Waals surface area (Å²) in [7, 11) is 1.54. The first-order valence-corrected chi connectivity index (χ1v) is 7.16. The summed E-state index contributed by atoms with van der Waals surface area (Å²) in [5, 5.41) is 10.7. The molecule has 3 nitrogen and oxygen atoms in total. The lowest BCUT2D eigenvalue weighted by atomic mass is 9.95. The number of aromatic hydroxyl groups is 1. The molecule has 0 spiro atoms. The molecule has 1 aliphatic heterocycles. The molecule has 106 valence electrons. The van der Waals surface area contributed by atoms with Crippen molar-refractivity contribution >= 4 is 11.6 Å². The van der Waals surface area contributed by atoms with Crippen molar-refractivity contribution in [2.45, 2.75) is 26.8 Å². The van der Waals surface area contributed by atoms with Gasteiger partial charge < -0.3 is 9.84 Å². The van der Waals surface area contributed by atoms with Crippen molar-refractivity contribution in [2.24, 2.45) is 11.8 Å². The zero-order valence-corrected chi connectivity index (χ0v) is 12.6. The number of hydrogen-bond acceptors (Lipinski definition) is 3. The summed E-state index contributed by atoms with van der Waals surface area (Å²) in [5.41, 5.74) is 0.841. The predicted molar refractivity (Wildman–Crippen MR) is 77.9 cm³/mol. The minimum atomic E-state index is 0.208. The van der Waals surface area contributed by atoms with Gasteiger partial charge >= 0.3 is 0 Å². The van der Waals surface area contributed by atoms with E-state index in [1.165, 1.54) is 6.42 Å². The van der Waals surface area contributed by atoms with E-state index in [2.05, 4.69) is 18.7 Å². The number of rotatable bonds is 4. The van der Waals surface area contributed by atoms with Gasteiger partial charge in [-0.25, -0.2) is 0 Å². The van der Waals surface area contributed by atoms with E-state index < -0.39 is 0 Å². The molecule has 0 radical (unpaired) electrons. The molecule has 0 amide bonds. The Morgan fingerprint density at radius 3 is 2.79 bits per heavy atom. The summed E-state index contributed by atoms with van der Waals surface area (Å²) in [5.74, 6) is 2.12. The van der Waals surface area contributed by atoms with Crippen molar-refractivity contribution in [1.29, 1.82) is 0 Å². The predicted octanol–water partition coefficient (Wildman–Crippen LogP) is 3.53. The zero-order valence-electron chi connectivity index (χ0n) is 11.8. The average molecular weight is 284 g/mol. The number of hydrogen-bond donors (Lipinski definition) is 1. The molecule has 1 aromatic carbocycles. The number of phenolic OH excluding ortho intramolecular Hbond substituents is 1. The summed E-state index contributed by atoms with van der Waals surface area (Å²) in [6.45, 7) is 7.44. The second-order valence-electron chi connectivity index (χ2n) is 5.64. The molecule has 4 heteroatoms. The van der Waals surface area contributed by atoms with Crippen LogP contribution in [0.5, 0.6) is 11.5 Å². The van der Waals surface area contributed by atoms with Crippen molar-refractivity contribution in [3.8, 4) is 11.5 Å². The van der Waals surface area contributed by atoms with E-state index in [-0.39, 0.29) is 5.75 Å². The van der Waals surface area contributed by atoms with Crippen molar-refractivity contribution in [2.75, 3.05) is 20.2 Å². The minimum absolute atomic E-state index is 0.208. The van der Waals surface area contributed by atoms with Gasteiger partial charge in [0.25, 0.3) is 0 Å². The first-order chi connectivity index (χ1) is 9.01. The number of ether oxygens (including phenoxy) is 1. The van der Waals surface area contributed by atoms with Crippen LogP contribution >= 0.6 is 11.6 Å². The highest BCUT2D eigenvalue weighted by atomic mass is 35.5. The first-order valence-electron chi connectivity index (χ1n) is 6.79. The molecular formula is C15H22ClNO2. The Hall–Kier alpha value is -0.930. The largest absolute Gasteiger partial charge is 0.504 e. The van der Waals surface area contributed by atoms with E-state index in [4.69, 9.17) is 16.3 Å². The Labute approximate surface area is 120 Å². The van der Waals surface area contributed by atoms with E-state index in [0.717, 1.165) is 31.1 Å². The average Bonchev–Trinajstić information content (AvgIpc) is 2.82. The second-order valence-corrected chi connectivity index (χ2v) is 6.08. The maximum atomic E-state index is 10.1. The van der Waals surface area contributed by atoms with E-state index in [1.54, 1.807) is 13.2 Å². The Kier molecular flexibility index (Phi) is 4.58. The zero-order chi connectivity index (χ0) is 14.0. The molecule has 1 fully saturated rings. The van der Waals surface area contributed by atoms with E-state index in [1.807, 2.05) is 6.07 Å². The van der Waals surface area contributed by atoms with Crippen LogP contribution in [0, 0.1) is 11.8 Å². The van der Waals surface area contributed by atoms with Gasteiger partial charge in [0, 0.05) is 29.7 Å². The highest BCUT2D eigenvalue weighted by Crippen LogP contribution is 2.35. The van der Waals surface area contributed by atoms with Gasteiger partial charge in [0.15, 0.2) is 11.5 Å². The van der Waals surface area contributed by atoms with Crippen LogP contribution in [-0.4, -0.2) is 30.2 Å². The van der Waals surface area contributed by atoms with Gasteiger partial charge in [0.05, 0.1) is 7.11 Å². The smallest absolute Gasteiger partial charge is 0.162 e. The highest BCUT2D eigenvalue weighted by Gasteiger charge is 2.25. The number of benzene rings is 1. The third-order valence-corrected chi connectivity index (χ3v) is 4.20. The Bertz CT molecular complexity index is 448. The summed E-state index contributed by atoms with van der Waals surface area (Å²) in [6, 6.07) is 3.46. The number of halogens is 1. The van der Waals surface area contributed by atoms with Gasteiger partial charge in [-0.1, -0.05) is 25.4 Å². The van der Waals surface area contributed by atoms with Gasteiger partial charge in [0.2, 0.25) is 0 Å². The summed E-state index contributed by atoms with van der Waals surface area (Å²) < 4.78 is 5.14. The van der Waals surface area contributed by atoms with Gasteiger partial charge in [-0.05, 0) is 30.9 Å². The topological polar surface area (TPSA) is 32.7 Å². The number of nitrogens with zero attached hydrogens (tertiary/aromatic N) is 1. The fraction of sp³-hybridized carbons (Fsp3) is 0.600. The Balaban J connectivity index is 2.10. The van der Waals surface area contributed by atoms with Crippen LogP contribution in [0.25, 0.3) is 0 Å². The second kappa shape index (κ2) is 6.02. The lowest BCUT2D eigenvalue weighted by molar-refractivity contribution is 0.290. The highest BCUT2D eigenvalue weighted by molar-refractivity contribution is 6.30. The summed E-state index contributed by atoms with van der Waals surface area (Å²) >= 11 is 6.06. The maximum Gasteiger partial charge on any atom is 0.162 e. The molecule has 0 aromatic heterocycles. The SMILES string of the molecule is COc1cc(Cl)cc(CN2CCC(C(C)C)C2)c1O. The lowest BCUT2D eigenvalue weighted by Gasteiger charge is -2.19. The third-order valence-electron chi connectivity index (χ3n) is 3.98. The Morgan fingerprint density at radius 2 is 2.21 bits per heavy atom. The van der Waals surface area contributed by atoms with Gasteiger partial charge in [-0.2, -0.15) is 0 Å². The van der Waals surface area contributed by atoms with Crippen LogP contribution in [0.15, 0.2) is 12.1 Å². The van der Waals surface area contributed by atoms with Gasteiger partial charge in [0.1, 0.15) is 0 Å². The first kappa shape index (κ1) is 14.5. The van der Waals surface area contributed by atoms with Crippen molar-refractivity contribution in [3.05, 3.63) is 22.7 Å². The maximum absolute atomic E-state index is 10.1. The molecular weight excluding hydrogens is 262 g/mol. The molecule has 2 rings (SSSR count). The molecule has 1 atom stereocenters. The molecule has 0 bridgehead atoms. The molecule has 1 N–H and O–H groups in total. The quantitative estimate of drug-likeness (QED) is 0.917. The summed E-state index contributed by atoms with van der Waals surface area (Å²) in [6.07, 6.45) is 1.23. The lowest BCUT2D eigenvalue weighted by Crippen LogP contribution is -2.21. The van der Waals surface area contributed by atoms with Crippen LogP contribution in [0.4, 0.5) is 0 Å². The molecule has 19 heavy (non-hydrogen) atoms. The Morgan fingerprint density at radius 1 is 1.47 bits per heavy atom. The van der Waals surface area contributed by atoms with Crippen LogP contribution in [-0.2, 0) is 6.54 Å². The molecule has 1 unspecified atom stereocenters. The van der Waals surface area contributed by atoms with Crippen LogP contribution in [0.2, 0.25) is 5.02 Å². The van der Waals surface area contributed by atoms with Gasteiger partial charge in [-0.3, -0.25) is 4.90 Å². The van der Waals surface area contributed by atoms with Crippen LogP contribution in [0.3, 0.4) is 0 Å². The third kappa shape index (κ3) is 3.34. The van der Waals surface area contributed by atoms with Crippen molar-refractivity contribution in [1.82, 2.24) is 4.90 Å². The molecule has 1 saturated heterocycles. The fourth-order valence-electron chi connectivity index (χ4n) is 2.70. The van der Waals surface area contributed by atoms with E-state index >= 15 is 0 Å². The van der Waals surface area contributed by atoms with Gasteiger partial charge in [-0.15, -0.1) is 0 Å². The molecule has 0 saturated carbocycles. The molecule has 1 heterocycles. The number of phenols is 1. The van der Waals surface area contributed by atoms with E-state index in [0.29, 0.717) is 16.7 Å². The fourth-order valence-corrected chi connectivity index (χ4v) is 2.93. The normalized spacial score (nSPS) is 20.2. The minimum Gasteiger partial charge on any atom is -0.504 e. The molecule has 0 aliphatic carbocycles. The molecule has 1 aromatic rings.